The predicted molar refractivity (Wildman–Crippen MR) is 79.4 cm³/mol. The summed E-state index contributed by atoms with van der Waals surface area (Å²) >= 11 is 0. The summed E-state index contributed by atoms with van der Waals surface area (Å²) in [6, 6.07) is 2.80. The van der Waals surface area contributed by atoms with Gasteiger partial charge in [-0.2, -0.15) is 13.2 Å². The Morgan fingerprint density at radius 1 is 1.32 bits per heavy atom. The number of sulfonamides is 1. The van der Waals surface area contributed by atoms with Crippen molar-refractivity contribution in [2.24, 2.45) is 5.92 Å². The van der Waals surface area contributed by atoms with Crippen molar-refractivity contribution in [3.8, 4) is 0 Å². The highest BCUT2D eigenvalue weighted by molar-refractivity contribution is 7.93. The summed E-state index contributed by atoms with van der Waals surface area (Å²) in [5.41, 5.74) is -1.95. The van der Waals surface area contributed by atoms with Crippen LogP contribution in [-0.4, -0.2) is 38.6 Å². The Kier molecular flexibility index (Phi) is 3.37. The molecule has 3 saturated heterocycles. The van der Waals surface area contributed by atoms with Gasteiger partial charge in [0, 0.05) is 24.6 Å². The Morgan fingerprint density at radius 3 is 2.68 bits per heavy atom. The quantitative estimate of drug-likeness (QED) is 0.560. The number of halogens is 4. The van der Waals surface area contributed by atoms with E-state index in [4.69, 9.17) is 11.3 Å². The number of ether oxygens (including phenoxy) is 1. The van der Waals surface area contributed by atoms with Gasteiger partial charge in [0.1, 0.15) is 17.5 Å². The molecule has 2 bridgehead atoms. The van der Waals surface area contributed by atoms with Crippen LogP contribution in [-0.2, 0) is 20.9 Å². The lowest BCUT2D eigenvalue weighted by atomic mass is 9.87. The first-order valence-corrected chi connectivity index (χ1v) is 9.04. The highest BCUT2D eigenvalue weighted by Crippen LogP contribution is 2.50. The Morgan fingerprint density at radius 2 is 2.04 bits per heavy atom. The van der Waals surface area contributed by atoms with E-state index in [0.29, 0.717) is 6.07 Å². The number of benzene rings is 1. The fraction of sp³-hybridized carbons (Fsp3) is 0.533. The SMILES string of the molecule is [C-]#[N+]c1ccc(N2C[C@@H]3[C@@H]([C@@H]4O[C@H]3C[C@@H]4F)S2(=O)=O)cc1C(F)(F)F. The molecule has 3 fully saturated rings. The molecule has 0 N–H and O–H groups in total. The molecule has 0 saturated carbocycles. The van der Waals surface area contributed by atoms with Crippen LogP contribution in [0.5, 0.6) is 0 Å². The van der Waals surface area contributed by atoms with Crippen LogP contribution < -0.4 is 4.31 Å². The van der Waals surface area contributed by atoms with Gasteiger partial charge in [-0.05, 0) is 12.1 Å². The molecule has 0 aliphatic carbocycles. The Balaban J connectivity index is 1.76. The van der Waals surface area contributed by atoms with Crippen LogP contribution in [0.3, 0.4) is 0 Å². The van der Waals surface area contributed by atoms with E-state index < -0.39 is 57.0 Å². The summed E-state index contributed by atoms with van der Waals surface area (Å²) in [4.78, 5) is 2.83. The van der Waals surface area contributed by atoms with Gasteiger partial charge in [-0.25, -0.2) is 17.7 Å². The monoisotopic (exact) mass is 376 g/mol. The minimum Gasteiger partial charge on any atom is -0.370 e. The predicted octanol–water partition coefficient (Wildman–Crippen LogP) is 2.90. The van der Waals surface area contributed by atoms with Crippen molar-refractivity contribution >= 4 is 21.4 Å². The molecular formula is C15H12F4N2O3S. The third-order valence-electron chi connectivity index (χ3n) is 5.09. The molecule has 0 amide bonds. The molecular weight excluding hydrogens is 364 g/mol. The number of fused-ring (bicyclic) bond motifs is 5. The topological polar surface area (TPSA) is 51.0 Å². The highest BCUT2D eigenvalue weighted by atomic mass is 32.2. The molecule has 4 rings (SSSR count). The molecule has 25 heavy (non-hydrogen) atoms. The number of anilines is 1. The first kappa shape index (κ1) is 16.6. The fourth-order valence-corrected chi connectivity index (χ4v) is 6.38. The van der Waals surface area contributed by atoms with Crippen LogP contribution in [0.2, 0.25) is 0 Å². The Bertz CT molecular complexity index is 880. The van der Waals surface area contributed by atoms with Crippen LogP contribution in [0, 0.1) is 12.5 Å². The average Bonchev–Trinajstić information content (AvgIpc) is 3.15. The van der Waals surface area contributed by atoms with E-state index in [1.807, 2.05) is 0 Å². The normalized spacial score (nSPS) is 35.6. The molecule has 5 nitrogen and oxygen atoms in total. The third-order valence-corrected chi connectivity index (χ3v) is 7.37. The largest absolute Gasteiger partial charge is 0.407 e. The zero-order valence-electron chi connectivity index (χ0n) is 12.6. The van der Waals surface area contributed by atoms with Crippen molar-refractivity contribution in [1.29, 1.82) is 0 Å². The highest BCUT2D eigenvalue weighted by Gasteiger charge is 2.64. The lowest BCUT2D eigenvalue weighted by molar-refractivity contribution is -0.136. The molecule has 3 aliphatic rings. The maximum Gasteiger partial charge on any atom is 0.407 e. The van der Waals surface area contributed by atoms with E-state index in [9.17, 15) is 26.0 Å². The lowest BCUT2D eigenvalue weighted by Gasteiger charge is -2.23. The van der Waals surface area contributed by atoms with E-state index >= 15 is 0 Å². The molecule has 10 heteroatoms. The van der Waals surface area contributed by atoms with E-state index in [-0.39, 0.29) is 18.7 Å². The first-order valence-electron chi connectivity index (χ1n) is 7.54. The summed E-state index contributed by atoms with van der Waals surface area (Å²) < 4.78 is 85.1. The summed E-state index contributed by atoms with van der Waals surface area (Å²) in [5.74, 6) is -0.461. The second kappa shape index (κ2) is 5.08. The van der Waals surface area contributed by atoms with Gasteiger partial charge in [-0.15, -0.1) is 0 Å². The second-order valence-corrected chi connectivity index (χ2v) is 8.42. The molecule has 1 aromatic carbocycles. The van der Waals surface area contributed by atoms with Gasteiger partial charge >= 0.3 is 6.18 Å². The van der Waals surface area contributed by atoms with E-state index in [1.165, 1.54) is 6.07 Å². The van der Waals surface area contributed by atoms with Gasteiger partial charge in [0.2, 0.25) is 10.0 Å². The standard InChI is InChI=1S/C15H12F4N2O3S/c1-20-11-3-2-7(4-9(11)15(17,18)19)21-6-8-12-5-10(16)13(24-12)14(8)25(21,22)23/h2-4,8,10,12-14H,5-6H2/t8-,10-,12-,13+,14-/m0/s1. The second-order valence-electron chi connectivity index (χ2n) is 6.41. The van der Waals surface area contributed by atoms with Crippen molar-refractivity contribution in [1.82, 2.24) is 0 Å². The van der Waals surface area contributed by atoms with Crippen molar-refractivity contribution in [3.05, 3.63) is 35.2 Å². The van der Waals surface area contributed by atoms with Gasteiger partial charge in [0.15, 0.2) is 5.69 Å². The minimum absolute atomic E-state index is 0.0461. The van der Waals surface area contributed by atoms with E-state index in [2.05, 4.69) is 4.85 Å². The molecule has 3 aliphatic heterocycles. The molecule has 3 heterocycles. The Labute approximate surface area is 141 Å². The van der Waals surface area contributed by atoms with Gasteiger partial charge in [0.05, 0.1) is 18.2 Å². The third kappa shape index (κ3) is 2.25. The van der Waals surface area contributed by atoms with Crippen LogP contribution in [0.4, 0.5) is 28.9 Å². The summed E-state index contributed by atoms with van der Waals surface area (Å²) in [6.45, 7) is 6.80. The maximum absolute atomic E-state index is 13.9. The van der Waals surface area contributed by atoms with Gasteiger partial charge in [-0.3, -0.25) is 4.31 Å². The van der Waals surface area contributed by atoms with Crippen molar-refractivity contribution < 1.29 is 30.7 Å². The van der Waals surface area contributed by atoms with Gasteiger partial charge in [-0.1, -0.05) is 6.07 Å². The molecule has 0 unspecified atom stereocenters. The summed E-state index contributed by atoms with van der Waals surface area (Å²) in [6.07, 6.45) is -7.64. The van der Waals surface area contributed by atoms with Crippen LogP contribution in [0.25, 0.3) is 4.85 Å². The number of nitrogens with zero attached hydrogens (tertiary/aromatic N) is 2. The molecule has 0 aromatic heterocycles. The number of hydrogen-bond acceptors (Lipinski definition) is 3. The van der Waals surface area contributed by atoms with Crippen molar-refractivity contribution in [2.75, 3.05) is 10.8 Å². The van der Waals surface area contributed by atoms with Crippen molar-refractivity contribution in [2.45, 2.75) is 36.2 Å². The fourth-order valence-electron chi connectivity index (χ4n) is 4.02. The van der Waals surface area contributed by atoms with E-state index in [1.54, 1.807) is 0 Å². The zero-order valence-corrected chi connectivity index (χ0v) is 13.4. The number of rotatable bonds is 1. The molecule has 134 valence electrons. The number of alkyl halides is 4. The maximum atomic E-state index is 13.9. The number of hydrogen-bond donors (Lipinski definition) is 0. The van der Waals surface area contributed by atoms with Crippen molar-refractivity contribution in [3.63, 3.8) is 0 Å². The van der Waals surface area contributed by atoms with E-state index in [0.717, 1.165) is 10.4 Å². The van der Waals surface area contributed by atoms with Crippen LogP contribution in [0.1, 0.15) is 12.0 Å². The van der Waals surface area contributed by atoms with Crippen LogP contribution in [0.15, 0.2) is 18.2 Å². The van der Waals surface area contributed by atoms with Gasteiger partial charge < -0.3 is 4.74 Å². The van der Waals surface area contributed by atoms with Gasteiger partial charge in [0.25, 0.3) is 0 Å². The average molecular weight is 376 g/mol. The lowest BCUT2D eigenvalue weighted by Crippen LogP contribution is -2.41. The summed E-state index contributed by atoms with van der Waals surface area (Å²) in [7, 11) is -4.04. The smallest absolute Gasteiger partial charge is 0.370 e. The van der Waals surface area contributed by atoms with Crippen LogP contribution >= 0.6 is 0 Å². The molecule has 1 aromatic rings. The first-order chi connectivity index (χ1) is 11.6. The molecule has 0 spiro atoms. The Hall–Kier alpha value is -1.86. The minimum atomic E-state index is -4.78. The summed E-state index contributed by atoms with van der Waals surface area (Å²) in [5, 5.41) is -1.07. The zero-order chi connectivity index (χ0) is 18.1. The molecule has 0 radical (unpaired) electrons. The molecule has 5 atom stereocenters.